The smallest absolute Gasteiger partial charge is 0.282 e. The van der Waals surface area contributed by atoms with E-state index in [0.717, 1.165) is 28.2 Å². The number of amides is 2. The zero-order valence-electron chi connectivity index (χ0n) is 16.7. The maximum absolute atomic E-state index is 13.7. The number of carbonyl (C=O) groups excluding carboxylic acids is 2. The van der Waals surface area contributed by atoms with Crippen molar-refractivity contribution in [1.82, 2.24) is 0 Å². The van der Waals surface area contributed by atoms with E-state index in [4.69, 9.17) is 11.6 Å². The quantitative estimate of drug-likeness (QED) is 0.537. The van der Waals surface area contributed by atoms with Gasteiger partial charge in [-0.1, -0.05) is 35.4 Å². The number of imide groups is 1. The average molecular weight is 439 g/mol. The second-order valence-electron chi connectivity index (χ2n) is 7.24. The van der Waals surface area contributed by atoms with Crippen LogP contribution in [-0.4, -0.2) is 11.8 Å². The van der Waals surface area contributed by atoms with Crippen molar-refractivity contribution in [2.45, 2.75) is 13.8 Å². The van der Waals surface area contributed by atoms with Gasteiger partial charge in [0, 0.05) is 16.8 Å². The van der Waals surface area contributed by atoms with Crippen molar-refractivity contribution in [3.8, 4) is 0 Å². The lowest BCUT2D eigenvalue weighted by Crippen LogP contribution is -2.32. The molecule has 0 saturated heterocycles. The Labute approximate surface area is 182 Å². The van der Waals surface area contributed by atoms with Gasteiger partial charge in [0.05, 0.1) is 11.3 Å². The molecule has 1 N–H and O–H groups in total. The van der Waals surface area contributed by atoms with Crippen LogP contribution in [-0.2, 0) is 9.59 Å². The Morgan fingerprint density at radius 2 is 1.55 bits per heavy atom. The van der Waals surface area contributed by atoms with E-state index in [1.165, 1.54) is 6.07 Å². The summed E-state index contributed by atoms with van der Waals surface area (Å²) in [5.74, 6) is -3.20. The number of hydrogen-bond donors (Lipinski definition) is 1. The lowest BCUT2D eigenvalue weighted by atomic mass is 9.97. The van der Waals surface area contributed by atoms with E-state index in [1.807, 2.05) is 26.0 Å². The van der Waals surface area contributed by atoms with Crippen molar-refractivity contribution in [3.05, 3.63) is 99.7 Å². The van der Waals surface area contributed by atoms with E-state index in [1.54, 1.807) is 30.3 Å². The molecule has 1 aliphatic rings. The molecule has 0 unspecified atom stereocenters. The third kappa shape index (κ3) is 3.82. The van der Waals surface area contributed by atoms with Gasteiger partial charge in [0.25, 0.3) is 11.8 Å². The minimum absolute atomic E-state index is 0.0158. The SMILES string of the molecule is Cc1ccc(C2=C(Nc3ccc(F)c(F)c3)C(=O)N(c3ccc(Cl)cc3)C2=O)c(C)c1. The second-order valence-corrected chi connectivity index (χ2v) is 7.68. The highest BCUT2D eigenvalue weighted by molar-refractivity contribution is 6.46. The minimum atomic E-state index is -1.06. The molecule has 0 aromatic heterocycles. The van der Waals surface area contributed by atoms with Gasteiger partial charge in [-0.25, -0.2) is 13.7 Å². The fourth-order valence-corrected chi connectivity index (χ4v) is 3.66. The zero-order valence-corrected chi connectivity index (χ0v) is 17.4. The van der Waals surface area contributed by atoms with Gasteiger partial charge in [-0.2, -0.15) is 0 Å². The molecule has 31 heavy (non-hydrogen) atoms. The maximum atomic E-state index is 13.7. The van der Waals surface area contributed by atoms with Gasteiger partial charge in [-0.15, -0.1) is 0 Å². The zero-order chi connectivity index (χ0) is 22.3. The monoisotopic (exact) mass is 438 g/mol. The number of nitrogens with one attached hydrogen (secondary N) is 1. The van der Waals surface area contributed by atoms with Gasteiger partial charge in [-0.05, 0) is 61.4 Å². The molecular formula is C24H17ClF2N2O2. The molecule has 0 fully saturated rings. The predicted octanol–water partition coefficient (Wildman–Crippen LogP) is 5.63. The first kappa shape index (κ1) is 20.8. The summed E-state index contributed by atoms with van der Waals surface area (Å²) >= 11 is 5.94. The van der Waals surface area contributed by atoms with E-state index in [9.17, 15) is 18.4 Å². The predicted molar refractivity (Wildman–Crippen MR) is 117 cm³/mol. The molecule has 3 aromatic carbocycles. The third-order valence-electron chi connectivity index (χ3n) is 5.01. The van der Waals surface area contributed by atoms with E-state index in [-0.39, 0.29) is 17.0 Å². The molecule has 0 bridgehead atoms. The lowest BCUT2D eigenvalue weighted by molar-refractivity contribution is -0.120. The lowest BCUT2D eigenvalue weighted by Gasteiger charge is -2.15. The summed E-state index contributed by atoms with van der Waals surface area (Å²) in [6.07, 6.45) is 0. The van der Waals surface area contributed by atoms with Crippen molar-refractivity contribution >= 4 is 40.4 Å². The Morgan fingerprint density at radius 3 is 2.19 bits per heavy atom. The van der Waals surface area contributed by atoms with Gasteiger partial charge in [0.2, 0.25) is 0 Å². The topological polar surface area (TPSA) is 49.4 Å². The Bertz CT molecular complexity index is 1250. The summed E-state index contributed by atoms with van der Waals surface area (Å²) in [6.45, 7) is 3.76. The fraction of sp³-hybridized carbons (Fsp3) is 0.0833. The summed E-state index contributed by atoms with van der Waals surface area (Å²) < 4.78 is 27.1. The molecule has 3 aromatic rings. The third-order valence-corrected chi connectivity index (χ3v) is 5.26. The van der Waals surface area contributed by atoms with Crippen LogP contribution in [0.4, 0.5) is 20.2 Å². The van der Waals surface area contributed by atoms with E-state index < -0.39 is 23.4 Å². The number of benzene rings is 3. The van der Waals surface area contributed by atoms with Crippen LogP contribution in [0.1, 0.15) is 16.7 Å². The van der Waals surface area contributed by atoms with Crippen molar-refractivity contribution in [1.29, 1.82) is 0 Å². The Kier molecular flexibility index (Phi) is 5.33. The maximum Gasteiger partial charge on any atom is 0.282 e. The Balaban J connectivity index is 1.85. The van der Waals surface area contributed by atoms with Crippen molar-refractivity contribution in [3.63, 3.8) is 0 Å². The highest BCUT2D eigenvalue weighted by Crippen LogP contribution is 2.35. The van der Waals surface area contributed by atoms with Crippen molar-refractivity contribution in [2.75, 3.05) is 10.2 Å². The van der Waals surface area contributed by atoms with Gasteiger partial charge in [0.15, 0.2) is 11.6 Å². The number of nitrogens with zero attached hydrogens (tertiary/aromatic N) is 1. The van der Waals surface area contributed by atoms with E-state index in [0.29, 0.717) is 16.3 Å². The number of halogens is 3. The van der Waals surface area contributed by atoms with Crippen LogP contribution in [0, 0.1) is 25.5 Å². The number of aryl methyl sites for hydroxylation is 2. The largest absolute Gasteiger partial charge is 0.350 e. The van der Waals surface area contributed by atoms with E-state index >= 15 is 0 Å². The first-order valence-electron chi connectivity index (χ1n) is 9.44. The molecule has 0 spiro atoms. The van der Waals surface area contributed by atoms with Crippen LogP contribution < -0.4 is 10.2 Å². The molecule has 0 aliphatic carbocycles. The molecule has 4 nitrogen and oxygen atoms in total. The van der Waals surface area contributed by atoms with Gasteiger partial charge in [0.1, 0.15) is 5.70 Å². The molecule has 1 heterocycles. The van der Waals surface area contributed by atoms with Crippen LogP contribution in [0.2, 0.25) is 5.02 Å². The number of rotatable bonds is 4. The minimum Gasteiger partial charge on any atom is -0.350 e. The summed E-state index contributed by atoms with van der Waals surface area (Å²) in [6, 6.07) is 15.0. The first-order chi connectivity index (χ1) is 14.8. The molecule has 4 rings (SSSR count). The van der Waals surface area contributed by atoms with Crippen molar-refractivity contribution < 1.29 is 18.4 Å². The Morgan fingerprint density at radius 1 is 0.839 bits per heavy atom. The van der Waals surface area contributed by atoms with Crippen LogP contribution in [0.3, 0.4) is 0 Å². The summed E-state index contributed by atoms with van der Waals surface area (Å²) in [5, 5.41) is 3.29. The van der Waals surface area contributed by atoms with Crippen LogP contribution in [0.5, 0.6) is 0 Å². The second kappa shape index (κ2) is 7.96. The molecule has 1 aliphatic heterocycles. The average Bonchev–Trinajstić information content (AvgIpc) is 2.96. The standard InChI is InChI=1S/C24H17ClF2N2O2/c1-13-3-9-18(14(2)11-13)21-22(28-16-6-10-19(26)20(27)12-16)24(31)29(23(21)30)17-7-4-15(25)5-8-17/h3-12,28H,1-2H3. The van der Waals surface area contributed by atoms with Gasteiger partial charge < -0.3 is 5.32 Å². The van der Waals surface area contributed by atoms with Gasteiger partial charge in [-0.3, -0.25) is 9.59 Å². The van der Waals surface area contributed by atoms with Crippen molar-refractivity contribution in [2.24, 2.45) is 0 Å². The van der Waals surface area contributed by atoms with E-state index in [2.05, 4.69) is 5.32 Å². The number of anilines is 2. The molecule has 0 atom stereocenters. The molecule has 2 amide bonds. The van der Waals surface area contributed by atoms with Crippen LogP contribution >= 0.6 is 11.6 Å². The first-order valence-corrected chi connectivity index (χ1v) is 9.82. The highest BCUT2D eigenvalue weighted by atomic mass is 35.5. The summed E-state index contributed by atoms with van der Waals surface area (Å²) in [5.41, 5.74) is 3.02. The highest BCUT2D eigenvalue weighted by Gasteiger charge is 2.40. The summed E-state index contributed by atoms with van der Waals surface area (Å²) in [7, 11) is 0. The molecule has 0 saturated carbocycles. The van der Waals surface area contributed by atoms with Crippen LogP contribution in [0.25, 0.3) is 5.57 Å². The number of carbonyl (C=O) groups is 2. The number of hydrogen-bond acceptors (Lipinski definition) is 3. The van der Waals surface area contributed by atoms with Crippen LogP contribution in [0.15, 0.2) is 66.4 Å². The fourth-order valence-electron chi connectivity index (χ4n) is 3.53. The summed E-state index contributed by atoms with van der Waals surface area (Å²) in [4.78, 5) is 27.7. The van der Waals surface area contributed by atoms with Gasteiger partial charge >= 0.3 is 0 Å². The molecular weight excluding hydrogens is 422 g/mol. The molecule has 156 valence electrons. The molecule has 7 heteroatoms. The Hall–Kier alpha value is -3.51. The normalized spacial score (nSPS) is 13.9. The molecule has 0 radical (unpaired) electrons.